The molecule has 0 radical (unpaired) electrons. The number of aryl methyl sites for hydroxylation is 1. The number of phenols is 1. The minimum Gasteiger partial charge on any atom is -0.508 e. The molecule has 0 bridgehead atoms. The van der Waals surface area contributed by atoms with Crippen molar-refractivity contribution < 1.29 is 14.6 Å². The fourth-order valence-electron chi connectivity index (χ4n) is 6.26. The molecule has 0 saturated heterocycles. The highest BCUT2D eigenvalue weighted by Gasteiger charge is 2.57. The van der Waals surface area contributed by atoms with Crippen LogP contribution in [0.1, 0.15) is 69.4 Å². The van der Waals surface area contributed by atoms with E-state index in [0.29, 0.717) is 30.1 Å². The number of carbonyl (C=O) groups excluding carboxylic acids is 1. The molecule has 3 nitrogen and oxygen atoms in total. The van der Waals surface area contributed by atoms with Gasteiger partial charge in [-0.05, 0) is 91.4 Å². The molecular weight excluding hydrogens is 312 g/mol. The zero-order valence-corrected chi connectivity index (χ0v) is 15.5. The number of hydrogen-bond donors (Lipinski definition) is 1. The number of ether oxygens (including phenoxy) is 1. The molecule has 3 aliphatic rings. The molecule has 1 aromatic carbocycles. The lowest BCUT2D eigenvalue weighted by atomic mass is 9.54. The molecule has 0 aromatic heterocycles. The van der Waals surface area contributed by atoms with E-state index in [9.17, 15) is 9.90 Å². The van der Waals surface area contributed by atoms with Crippen LogP contribution in [0.2, 0.25) is 0 Å². The molecule has 0 heterocycles. The number of carbonyl (C=O) groups is 1. The van der Waals surface area contributed by atoms with Crippen molar-refractivity contribution in [3.8, 4) is 5.75 Å². The van der Waals surface area contributed by atoms with E-state index in [2.05, 4.69) is 19.9 Å². The summed E-state index contributed by atoms with van der Waals surface area (Å²) in [5.74, 6) is 2.44. The molecule has 25 heavy (non-hydrogen) atoms. The van der Waals surface area contributed by atoms with Gasteiger partial charge < -0.3 is 9.84 Å². The van der Waals surface area contributed by atoms with E-state index in [1.54, 1.807) is 0 Å². The van der Waals surface area contributed by atoms with Gasteiger partial charge in [0.1, 0.15) is 5.75 Å². The molecule has 3 aliphatic carbocycles. The summed E-state index contributed by atoms with van der Waals surface area (Å²) >= 11 is 0. The second-order valence-electron chi connectivity index (χ2n) is 8.64. The maximum Gasteiger partial charge on any atom is 0.309 e. The number of hydrogen-bond acceptors (Lipinski definition) is 3. The normalized spacial score (nSPS) is 36.2. The standard InChI is InChI=1S/C22H30O3/c1-3-12-25-21(24)20-9-8-19-18-6-4-14-13-15(23)5-7-16(14)17(18)10-11-22(19,20)2/h5,7,13,17-20,23H,3-4,6,8-12H2,1-2H3/t17-,18-,19+,20?,22+/m1/s1. The van der Waals surface area contributed by atoms with Gasteiger partial charge in [-0.1, -0.05) is 19.9 Å². The summed E-state index contributed by atoms with van der Waals surface area (Å²) in [6.07, 6.45) is 7.58. The Morgan fingerprint density at radius 1 is 1.28 bits per heavy atom. The fraction of sp³-hybridized carbons (Fsp3) is 0.682. The minimum atomic E-state index is 0.0476. The molecule has 2 saturated carbocycles. The Labute approximate surface area is 150 Å². The van der Waals surface area contributed by atoms with Crippen molar-refractivity contribution in [3.05, 3.63) is 29.3 Å². The van der Waals surface area contributed by atoms with Crippen molar-refractivity contribution in [1.82, 2.24) is 0 Å². The Balaban J connectivity index is 1.58. The number of fused-ring (bicyclic) bond motifs is 5. The van der Waals surface area contributed by atoms with Gasteiger partial charge in [0, 0.05) is 0 Å². The highest BCUT2D eigenvalue weighted by atomic mass is 16.5. The van der Waals surface area contributed by atoms with E-state index < -0.39 is 0 Å². The molecule has 2 fully saturated rings. The first-order chi connectivity index (χ1) is 12.0. The van der Waals surface area contributed by atoms with Crippen LogP contribution in [-0.2, 0) is 16.0 Å². The van der Waals surface area contributed by atoms with Gasteiger partial charge in [0.05, 0.1) is 12.5 Å². The summed E-state index contributed by atoms with van der Waals surface area (Å²) in [4.78, 5) is 12.6. The predicted octanol–water partition coefficient (Wildman–Crippen LogP) is 4.82. The first-order valence-corrected chi connectivity index (χ1v) is 10.0. The Morgan fingerprint density at radius 2 is 2.12 bits per heavy atom. The summed E-state index contributed by atoms with van der Waals surface area (Å²) in [6.45, 7) is 4.96. The molecule has 5 atom stereocenters. The van der Waals surface area contributed by atoms with Crippen LogP contribution in [-0.4, -0.2) is 17.7 Å². The van der Waals surface area contributed by atoms with Gasteiger partial charge in [-0.2, -0.15) is 0 Å². The maximum absolute atomic E-state index is 12.6. The zero-order chi connectivity index (χ0) is 17.6. The quantitative estimate of drug-likeness (QED) is 0.801. The fourth-order valence-corrected chi connectivity index (χ4v) is 6.26. The zero-order valence-electron chi connectivity index (χ0n) is 15.5. The van der Waals surface area contributed by atoms with Gasteiger partial charge in [-0.3, -0.25) is 4.79 Å². The second-order valence-corrected chi connectivity index (χ2v) is 8.64. The molecule has 0 spiro atoms. The van der Waals surface area contributed by atoms with Crippen molar-refractivity contribution in [2.45, 2.75) is 64.7 Å². The lowest BCUT2D eigenvalue weighted by molar-refractivity contribution is -0.154. The van der Waals surface area contributed by atoms with Crippen molar-refractivity contribution in [3.63, 3.8) is 0 Å². The number of benzene rings is 1. The smallest absolute Gasteiger partial charge is 0.309 e. The summed E-state index contributed by atoms with van der Waals surface area (Å²) in [5.41, 5.74) is 2.90. The van der Waals surface area contributed by atoms with Gasteiger partial charge in [-0.25, -0.2) is 0 Å². The summed E-state index contributed by atoms with van der Waals surface area (Å²) in [6, 6.07) is 5.94. The molecule has 4 rings (SSSR count). The lowest BCUT2D eigenvalue weighted by Crippen LogP contribution is -2.44. The highest BCUT2D eigenvalue weighted by Crippen LogP contribution is 2.63. The largest absolute Gasteiger partial charge is 0.508 e. The van der Waals surface area contributed by atoms with E-state index in [1.807, 2.05) is 12.1 Å². The monoisotopic (exact) mass is 342 g/mol. The van der Waals surface area contributed by atoms with Crippen LogP contribution in [0.5, 0.6) is 5.75 Å². The Morgan fingerprint density at radius 3 is 2.92 bits per heavy atom. The maximum atomic E-state index is 12.6. The van der Waals surface area contributed by atoms with Crippen LogP contribution in [0.3, 0.4) is 0 Å². The van der Waals surface area contributed by atoms with Gasteiger partial charge in [0.25, 0.3) is 0 Å². The van der Waals surface area contributed by atoms with Crippen LogP contribution in [0.25, 0.3) is 0 Å². The van der Waals surface area contributed by atoms with Crippen LogP contribution >= 0.6 is 0 Å². The molecule has 1 aromatic rings. The SMILES string of the molecule is CCCOC(=O)C1CC[C@H]2[C@@H]3CCc4cc(O)ccc4[C@H]3CC[C@]12C. The van der Waals surface area contributed by atoms with E-state index in [4.69, 9.17) is 4.74 Å². The third-order valence-corrected chi connectivity index (χ3v) is 7.44. The second kappa shape index (κ2) is 6.34. The van der Waals surface area contributed by atoms with E-state index in [-0.39, 0.29) is 17.3 Å². The molecule has 0 aliphatic heterocycles. The van der Waals surface area contributed by atoms with E-state index in [1.165, 1.54) is 17.5 Å². The number of rotatable bonds is 3. The minimum absolute atomic E-state index is 0.0476. The lowest BCUT2D eigenvalue weighted by Gasteiger charge is -2.50. The number of aromatic hydroxyl groups is 1. The molecule has 1 unspecified atom stereocenters. The van der Waals surface area contributed by atoms with E-state index >= 15 is 0 Å². The average Bonchev–Trinajstić information content (AvgIpc) is 2.96. The number of phenolic OH excluding ortho intramolecular Hbond substituents is 1. The molecular formula is C22H30O3. The topological polar surface area (TPSA) is 46.5 Å². The van der Waals surface area contributed by atoms with Gasteiger partial charge in [0.15, 0.2) is 0 Å². The Bertz CT molecular complexity index is 667. The van der Waals surface area contributed by atoms with Crippen molar-refractivity contribution in [2.75, 3.05) is 6.61 Å². The first kappa shape index (κ1) is 16.9. The summed E-state index contributed by atoms with van der Waals surface area (Å²) in [5, 5.41) is 9.79. The Hall–Kier alpha value is -1.51. The molecule has 1 N–H and O–H groups in total. The third-order valence-electron chi connectivity index (χ3n) is 7.44. The Kier molecular flexibility index (Phi) is 4.29. The highest BCUT2D eigenvalue weighted by molar-refractivity contribution is 5.74. The van der Waals surface area contributed by atoms with Crippen molar-refractivity contribution in [2.24, 2.45) is 23.2 Å². The van der Waals surface area contributed by atoms with Gasteiger partial charge in [0.2, 0.25) is 0 Å². The van der Waals surface area contributed by atoms with Crippen molar-refractivity contribution in [1.29, 1.82) is 0 Å². The van der Waals surface area contributed by atoms with E-state index in [0.717, 1.165) is 38.5 Å². The van der Waals surface area contributed by atoms with Crippen molar-refractivity contribution >= 4 is 5.97 Å². The van der Waals surface area contributed by atoms with Crippen LogP contribution < -0.4 is 0 Å². The first-order valence-electron chi connectivity index (χ1n) is 10.0. The summed E-state index contributed by atoms with van der Waals surface area (Å²) < 4.78 is 5.53. The summed E-state index contributed by atoms with van der Waals surface area (Å²) in [7, 11) is 0. The van der Waals surface area contributed by atoms with Crippen LogP contribution in [0.4, 0.5) is 0 Å². The van der Waals surface area contributed by atoms with Gasteiger partial charge in [-0.15, -0.1) is 0 Å². The third kappa shape index (κ3) is 2.67. The molecule has 136 valence electrons. The van der Waals surface area contributed by atoms with Crippen LogP contribution in [0.15, 0.2) is 18.2 Å². The van der Waals surface area contributed by atoms with Gasteiger partial charge >= 0.3 is 5.97 Å². The predicted molar refractivity (Wildman–Crippen MR) is 97.5 cm³/mol. The molecule has 0 amide bonds. The molecule has 3 heteroatoms. The van der Waals surface area contributed by atoms with Crippen LogP contribution in [0, 0.1) is 23.2 Å². The average molecular weight is 342 g/mol. The number of esters is 1.